The average Bonchev–Trinajstić information content (AvgIpc) is 2.43. The fraction of sp³-hybridized carbons (Fsp3) is 0. The summed E-state index contributed by atoms with van der Waals surface area (Å²) in [5.41, 5.74) is 12.1. The maximum absolute atomic E-state index is 5.84. The molecule has 15 heavy (non-hydrogen) atoms. The predicted molar refractivity (Wildman–Crippen MR) is 60.8 cm³/mol. The Kier molecular flexibility index (Phi) is 2.46. The minimum Gasteiger partial charge on any atom is -0.407 e. The summed E-state index contributed by atoms with van der Waals surface area (Å²) in [6.45, 7) is 0. The van der Waals surface area contributed by atoms with Gasteiger partial charge in [0.1, 0.15) is 5.69 Å². The van der Waals surface area contributed by atoms with Crippen LogP contribution < -0.4 is 11.5 Å². The Labute approximate surface area is 95.8 Å². The summed E-state index contributed by atoms with van der Waals surface area (Å²) in [6, 6.07) is 4.99. The molecule has 0 aliphatic carbocycles. The molecule has 0 saturated heterocycles. The van der Waals surface area contributed by atoms with Gasteiger partial charge in [0.25, 0.3) is 6.01 Å². The quantitative estimate of drug-likeness (QED) is 0.808. The first-order chi connectivity index (χ1) is 7.06. The van der Waals surface area contributed by atoms with Crippen LogP contribution in [0.3, 0.4) is 0 Å². The van der Waals surface area contributed by atoms with E-state index < -0.39 is 0 Å². The van der Waals surface area contributed by atoms with Gasteiger partial charge in [0, 0.05) is 15.6 Å². The maximum atomic E-state index is 5.84. The number of anilines is 2. The van der Waals surface area contributed by atoms with Crippen LogP contribution in [0.1, 0.15) is 0 Å². The number of rotatable bonds is 1. The van der Waals surface area contributed by atoms with Crippen LogP contribution in [-0.2, 0) is 0 Å². The molecule has 0 aliphatic rings. The van der Waals surface area contributed by atoms with Gasteiger partial charge in [-0.1, -0.05) is 23.2 Å². The van der Waals surface area contributed by atoms with Crippen LogP contribution in [0, 0.1) is 0 Å². The molecule has 1 aromatic carbocycles. The van der Waals surface area contributed by atoms with Crippen molar-refractivity contribution in [1.82, 2.24) is 4.98 Å². The van der Waals surface area contributed by atoms with E-state index in [0.29, 0.717) is 21.3 Å². The predicted octanol–water partition coefficient (Wildman–Crippen LogP) is 2.81. The van der Waals surface area contributed by atoms with E-state index in [1.54, 1.807) is 18.2 Å². The van der Waals surface area contributed by atoms with Crippen molar-refractivity contribution in [3.05, 3.63) is 28.2 Å². The third kappa shape index (κ3) is 2.00. The van der Waals surface area contributed by atoms with Crippen LogP contribution in [0.15, 0.2) is 22.6 Å². The van der Waals surface area contributed by atoms with Crippen LogP contribution in [0.2, 0.25) is 10.0 Å². The number of benzene rings is 1. The van der Waals surface area contributed by atoms with Gasteiger partial charge in [0.05, 0.1) is 0 Å². The Morgan fingerprint density at radius 3 is 2.13 bits per heavy atom. The van der Waals surface area contributed by atoms with Gasteiger partial charge in [-0.15, -0.1) is 0 Å². The molecule has 1 heterocycles. The zero-order chi connectivity index (χ0) is 11.0. The van der Waals surface area contributed by atoms with Crippen LogP contribution in [0.25, 0.3) is 11.3 Å². The van der Waals surface area contributed by atoms with Crippen molar-refractivity contribution in [1.29, 1.82) is 0 Å². The fourth-order valence-corrected chi connectivity index (χ4v) is 1.77. The molecule has 0 bridgehead atoms. The number of aromatic nitrogens is 1. The first kappa shape index (κ1) is 10.1. The summed E-state index contributed by atoms with van der Waals surface area (Å²) in [4.78, 5) is 3.93. The highest BCUT2D eigenvalue weighted by Crippen LogP contribution is 2.31. The van der Waals surface area contributed by atoms with E-state index in [4.69, 9.17) is 39.1 Å². The van der Waals surface area contributed by atoms with Gasteiger partial charge in [-0.2, -0.15) is 4.98 Å². The molecule has 0 atom stereocenters. The molecule has 0 amide bonds. The average molecular weight is 244 g/mol. The first-order valence-electron chi connectivity index (χ1n) is 4.04. The number of halogens is 2. The van der Waals surface area contributed by atoms with Crippen LogP contribution in [-0.4, -0.2) is 4.98 Å². The first-order valence-corrected chi connectivity index (χ1v) is 4.80. The highest BCUT2D eigenvalue weighted by Gasteiger charge is 2.11. The molecule has 0 unspecified atom stereocenters. The topological polar surface area (TPSA) is 78.1 Å². The van der Waals surface area contributed by atoms with E-state index in [0.717, 1.165) is 0 Å². The summed E-state index contributed by atoms with van der Waals surface area (Å²) < 4.78 is 4.91. The third-order valence-electron chi connectivity index (χ3n) is 1.81. The number of oxazole rings is 1. The largest absolute Gasteiger partial charge is 0.407 e. The van der Waals surface area contributed by atoms with Crippen molar-refractivity contribution in [3.8, 4) is 11.3 Å². The molecule has 0 saturated carbocycles. The van der Waals surface area contributed by atoms with Gasteiger partial charge in [0.15, 0.2) is 0 Å². The molecular weight excluding hydrogens is 237 g/mol. The van der Waals surface area contributed by atoms with E-state index in [9.17, 15) is 0 Å². The highest BCUT2D eigenvalue weighted by atomic mass is 35.5. The molecule has 4 nitrogen and oxygen atoms in total. The Hall–Kier alpha value is -1.39. The molecule has 0 radical (unpaired) electrons. The van der Waals surface area contributed by atoms with Gasteiger partial charge in [-0.05, 0) is 18.2 Å². The molecule has 2 rings (SSSR count). The lowest BCUT2D eigenvalue weighted by Gasteiger charge is -1.99. The number of hydrogen-bond donors (Lipinski definition) is 2. The zero-order valence-corrected chi connectivity index (χ0v) is 9.01. The van der Waals surface area contributed by atoms with Gasteiger partial charge < -0.3 is 15.9 Å². The molecule has 2 aromatic rings. The number of nitrogens with two attached hydrogens (primary N) is 2. The molecule has 0 spiro atoms. The van der Waals surface area contributed by atoms with Crippen molar-refractivity contribution < 1.29 is 4.42 Å². The lowest BCUT2D eigenvalue weighted by Crippen LogP contribution is -1.87. The molecule has 4 N–H and O–H groups in total. The SMILES string of the molecule is Nc1nc(-c2cc(Cl)cc(Cl)c2)c(N)o1. The van der Waals surface area contributed by atoms with E-state index in [1.807, 2.05) is 0 Å². The second-order valence-electron chi connectivity index (χ2n) is 2.92. The van der Waals surface area contributed by atoms with Crippen LogP contribution >= 0.6 is 23.2 Å². The van der Waals surface area contributed by atoms with E-state index in [-0.39, 0.29) is 11.9 Å². The molecule has 0 aliphatic heterocycles. The van der Waals surface area contributed by atoms with Crippen molar-refractivity contribution in [3.63, 3.8) is 0 Å². The monoisotopic (exact) mass is 243 g/mol. The standard InChI is InChI=1S/C9H7Cl2N3O/c10-5-1-4(2-6(11)3-5)7-8(12)15-9(13)14-7/h1-3H,12H2,(H2,13,14). The normalized spacial score (nSPS) is 10.5. The number of nitrogen functional groups attached to an aromatic ring is 2. The second kappa shape index (κ2) is 3.64. The zero-order valence-electron chi connectivity index (χ0n) is 7.50. The van der Waals surface area contributed by atoms with Crippen molar-refractivity contribution >= 4 is 35.1 Å². The summed E-state index contributed by atoms with van der Waals surface area (Å²) in [6.07, 6.45) is 0. The minimum atomic E-state index is 0.0126. The third-order valence-corrected chi connectivity index (χ3v) is 2.24. The molecule has 1 aromatic heterocycles. The Morgan fingerprint density at radius 1 is 1.07 bits per heavy atom. The van der Waals surface area contributed by atoms with Gasteiger partial charge in [-0.3, -0.25) is 0 Å². The highest BCUT2D eigenvalue weighted by molar-refractivity contribution is 6.35. The van der Waals surface area contributed by atoms with E-state index >= 15 is 0 Å². The summed E-state index contributed by atoms with van der Waals surface area (Å²) in [5.74, 6) is 0.144. The lowest BCUT2D eigenvalue weighted by atomic mass is 10.1. The number of hydrogen-bond acceptors (Lipinski definition) is 4. The molecule has 0 fully saturated rings. The van der Waals surface area contributed by atoms with E-state index in [2.05, 4.69) is 4.98 Å². The van der Waals surface area contributed by atoms with Crippen molar-refractivity contribution in [2.45, 2.75) is 0 Å². The van der Waals surface area contributed by atoms with Gasteiger partial charge in [-0.25, -0.2) is 0 Å². The summed E-state index contributed by atoms with van der Waals surface area (Å²) >= 11 is 11.7. The van der Waals surface area contributed by atoms with Gasteiger partial charge >= 0.3 is 0 Å². The van der Waals surface area contributed by atoms with Crippen LogP contribution in [0.4, 0.5) is 11.9 Å². The Balaban J connectivity index is 2.58. The van der Waals surface area contributed by atoms with Crippen LogP contribution in [0.5, 0.6) is 0 Å². The second-order valence-corrected chi connectivity index (χ2v) is 3.80. The summed E-state index contributed by atoms with van der Waals surface area (Å²) in [5, 5.41) is 0.997. The fourth-order valence-electron chi connectivity index (χ4n) is 1.25. The summed E-state index contributed by atoms with van der Waals surface area (Å²) in [7, 11) is 0. The van der Waals surface area contributed by atoms with Gasteiger partial charge in [0.2, 0.25) is 5.88 Å². The molecular formula is C9H7Cl2N3O. The maximum Gasteiger partial charge on any atom is 0.294 e. The number of nitrogens with zero attached hydrogens (tertiary/aromatic N) is 1. The molecule has 6 heteroatoms. The Morgan fingerprint density at radius 2 is 1.67 bits per heavy atom. The van der Waals surface area contributed by atoms with Crippen molar-refractivity contribution in [2.75, 3.05) is 11.5 Å². The van der Waals surface area contributed by atoms with E-state index in [1.165, 1.54) is 0 Å². The minimum absolute atomic E-state index is 0.0126. The lowest BCUT2D eigenvalue weighted by molar-refractivity contribution is 0.600. The van der Waals surface area contributed by atoms with Crippen molar-refractivity contribution in [2.24, 2.45) is 0 Å². The Bertz CT molecular complexity index is 490. The smallest absolute Gasteiger partial charge is 0.294 e. The molecule has 78 valence electrons.